The summed E-state index contributed by atoms with van der Waals surface area (Å²) in [5, 5.41) is 2.92. The van der Waals surface area contributed by atoms with Crippen LogP contribution in [0.5, 0.6) is 0 Å². The number of benzene rings is 1. The number of nitrogens with one attached hydrogen (secondary N) is 1. The maximum absolute atomic E-state index is 11.6. The van der Waals surface area contributed by atoms with Crippen molar-refractivity contribution in [2.75, 3.05) is 5.32 Å². The Hall–Kier alpha value is -0.580. The van der Waals surface area contributed by atoms with E-state index in [0.29, 0.717) is 5.92 Å². The van der Waals surface area contributed by atoms with Crippen molar-refractivity contribution < 1.29 is 4.79 Å². The summed E-state index contributed by atoms with van der Waals surface area (Å²) in [6, 6.07) is 7.86. The Morgan fingerprint density at radius 3 is 2.50 bits per heavy atom. The number of rotatable bonds is 2. The average Bonchev–Trinajstić information content (AvgIpc) is 2.87. The van der Waals surface area contributed by atoms with Gasteiger partial charge in [-0.15, -0.1) is 0 Å². The second-order valence-corrected chi connectivity index (χ2v) is 5.06. The molecule has 3 heteroatoms. The van der Waals surface area contributed by atoms with Crippen LogP contribution >= 0.6 is 22.6 Å². The molecule has 0 heterocycles. The average molecular weight is 301 g/mol. The minimum Gasteiger partial charge on any atom is -0.326 e. The van der Waals surface area contributed by atoms with E-state index >= 15 is 0 Å². The maximum atomic E-state index is 11.6. The third kappa shape index (κ3) is 2.26. The predicted octanol–water partition coefficient (Wildman–Crippen LogP) is 2.89. The molecule has 2 rings (SSSR count). The number of carbonyl (C=O) groups excluding carboxylic acids is 1. The van der Waals surface area contributed by atoms with Crippen molar-refractivity contribution in [1.82, 2.24) is 0 Å². The van der Waals surface area contributed by atoms with Gasteiger partial charge in [-0.05, 0) is 59.2 Å². The van der Waals surface area contributed by atoms with Crippen LogP contribution in [0.2, 0.25) is 0 Å². The molecule has 1 aromatic rings. The number of anilines is 1. The summed E-state index contributed by atoms with van der Waals surface area (Å²) in [7, 11) is 0. The van der Waals surface area contributed by atoms with Gasteiger partial charge in [0.25, 0.3) is 0 Å². The molecule has 0 unspecified atom stereocenters. The van der Waals surface area contributed by atoms with E-state index in [2.05, 4.69) is 34.8 Å². The first kappa shape index (κ1) is 9.96. The first-order chi connectivity index (χ1) is 6.66. The molecule has 0 radical (unpaired) electrons. The van der Waals surface area contributed by atoms with Gasteiger partial charge in [0.1, 0.15) is 0 Å². The van der Waals surface area contributed by atoms with E-state index in [0.717, 1.165) is 12.1 Å². The fourth-order valence-electron chi connectivity index (χ4n) is 1.46. The zero-order valence-electron chi connectivity index (χ0n) is 7.96. The third-order valence-electron chi connectivity index (χ3n) is 2.56. The van der Waals surface area contributed by atoms with Crippen LogP contribution in [0.25, 0.3) is 0 Å². The second kappa shape index (κ2) is 3.88. The molecule has 2 nitrogen and oxygen atoms in total. The quantitative estimate of drug-likeness (QED) is 0.836. The topological polar surface area (TPSA) is 29.1 Å². The normalized spacial score (nSPS) is 24.4. The molecule has 0 bridgehead atoms. The van der Waals surface area contributed by atoms with E-state index in [-0.39, 0.29) is 11.8 Å². The van der Waals surface area contributed by atoms with Crippen LogP contribution in [0.3, 0.4) is 0 Å². The van der Waals surface area contributed by atoms with Crippen molar-refractivity contribution in [2.45, 2.75) is 13.3 Å². The van der Waals surface area contributed by atoms with E-state index in [4.69, 9.17) is 0 Å². The largest absolute Gasteiger partial charge is 0.326 e. The zero-order valence-corrected chi connectivity index (χ0v) is 10.1. The van der Waals surface area contributed by atoms with E-state index in [1.165, 1.54) is 3.57 Å². The fourth-order valence-corrected chi connectivity index (χ4v) is 1.82. The summed E-state index contributed by atoms with van der Waals surface area (Å²) >= 11 is 2.25. The molecule has 1 aliphatic rings. The summed E-state index contributed by atoms with van der Waals surface area (Å²) < 4.78 is 1.18. The molecule has 0 saturated heterocycles. The lowest BCUT2D eigenvalue weighted by Gasteiger charge is -2.03. The van der Waals surface area contributed by atoms with E-state index in [1.807, 2.05) is 24.3 Å². The first-order valence-electron chi connectivity index (χ1n) is 4.73. The third-order valence-corrected chi connectivity index (χ3v) is 3.28. The lowest BCUT2D eigenvalue weighted by molar-refractivity contribution is -0.117. The summed E-state index contributed by atoms with van der Waals surface area (Å²) in [5.74, 6) is 0.979. The number of carbonyl (C=O) groups is 1. The van der Waals surface area contributed by atoms with Crippen molar-refractivity contribution in [2.24, 2.45) is 11.8 Å². The van der Waals surface area contributed by atoms with Crippen LogP contribution < -0.4 is 5.32 Å². The minimum atomic E-state index is 0.165. The van der Waals surface area contributed by atoms with Crippen molar-refractivity contribution in [1.29, 1.82) is 0 Å². The van der Waals surface area contributed by atoms with Crippen molar-refractivity contribution in [3.05, 3.63) is 27.8 Å². The minimum absolute atomic E-state index is 0.165. The molecule has 1 N–H and O–H groups in total. The van der Waals surface area contributed by atoms with Gasteiger partial charge in [0.05, 0.1) is 0 Å². The van der Waals surface area contributed by atoms with E-state index in [9.17, 15) is 4.79 Å². The molecule has 2 atom stereocenters. The van der Waals surface area contributed by atoms with Crippen molar-refractivity contribution >= 4 is 34.2 Å². The summed E-state index contributed by atoms with van der Waals surface area (Å²) in [5.41, 5.74) is 0.898. The Kier molecular flexibility index (Phi) is 2.76. The monoisotopic (exact) mass is 301 g/mol. The van der Waals surface area contributed by atoms with Crippen molar-refractivity contribution in [3.63, 3.8) is 0 Å². The van der Waals surface area contributed by atoms with Gasteiger partial charge in [-0.1, -0.05) is 6.92 Å². The lowest BCUT2D eigenvalue weighted by atomic mass is 10.3. The summed E-state index contributed by atoms with van der Waals surface area (Å²) in [6.07, 6.45) is 1.04. The molecule has 14 heavy (non-hydrogen) atoms. The van der Waals surface area contributed by atoms with Crippen molar-refractivity contribution in [3.8, 4) is 0 Å². The number of halogens is 1. The first-order valence-corrected chi connectivity index (χ1v) is 5.81. The highest BCUT2D eigenvalue weighted by Crippen LogP contribution is 2.38. The molecule has 1 aromatic carbocycles. The lowest BCUT2D eigenvalue weighted by Crippen LogP contribution is -2.14. The van der Waals surface area contributed by atoms with Gasteiger partial charge in [0, 0.05) is 15.2 Å². The maximum Gasteiger partial charge on any atom is 0.227 e. The van der Waals surface area contributed by atoms with Gasteiger partial charge in [0.2, 0.25) is 5.91 Å². The van der Waals surface area contributed by atoms with Gasteiger partial charge < -0.3 is 5.32 Å². The Morgan fingerprint density at radius 2 is 2.00 bits per heavy atom. The number of amides is 1. The fraction of sp³-hybridized carbons (Fsp3) is 0.364. The van der Waals surface area contributed by atoms with Crippen LogP contribution in [0.15, 0.2) is 24.3 Å². The Labute approximate surface area is 97.2 Å². The molecule has 1 aliphatic carbocycles. The molecule has 0 aliphatic heterocycles. The van der Waals surface area contributed by atoms with E-state index < -0.39 is 0 Å². The van der Waals surface area contributed by atoms with Gasteiger partial charge in [-0.2, -0.15) is 0 Å². The van der Waals surface area contributed by atoms with Crippen LogP contribution in [-0.4, -0.2) is 5.91 Å². The summed E-state index contributed by atoms with van der Waals surface area (Å²) in [6.45, 7) is 2.11. The molecule has 74 valence electrons. The highest BCUT2D eigenvalue weighted by atomic mass is 127. The SMILES string of the molecule is C[C@H]1C[C@H]1C(=O)Nc1ccc(I)cc1. The van der Waals surface area contributed by atoms with Crippen LogP contribution in [-0.2, 0) is 4.79 Å². The van der Waals surface area contributed by atoms with Gasteiger partial charge in [-0.3, -0.25) is 4.79 Å². The molecular weight excluding hydrogens is 289 g/mol. The summed E-state index contributed by atoms with van der Waals surface area (Å²) in [4.78, 5) is 11.6. The van der Waals surface area contributed by atoms with Crippen LogP contribution in [0.4, 0.5) is 5.69 Å². The molecule has 0 aromatic heterocycles. The van der Waals surface area contributed by atoms with Gasteiger partial charge in [0.15, 0.2) is 0 Å². The van der Waals surface area contributed by atoms with Crippen LogP contribution in [0, 0.1) is 15.4 Å². The molecule has 1 amide bonds. The Balaban J connectivity index is 1.97. The highest BCUT2D eigenvalue weighted by Gasteiger charge is 2.38. The van der Waals surface area contributed by atoms with Gasteiger partial charge >= 0.3 is 0 Å². The molecule has 1 fully saturated rings. The Morgan fingerprint density at radius 1 is 1.43 bits per heavy atom. The molecule has 0 spiro atoms. The molecular formula is C11H12INO. The second-order valence-electron chi connectivity index (χ2n) is 3.82. The zero-order chi connectivity index (χ0) is 10.1. The standard InChI is InChI=1S/C11H12INO/c1-7-6-10(7)11(14)13-9-4-2-8(12)3-5-9/h2-5,7,10H,6H2,1H3,(H,13,14)/t7-,10+/m0/s1. The van der Waals surface area contributed by atoms with E-state index in [1.54, 1.807) is 0 Å². The number of hydrogen-bond acceptors (Lipinski definition) is 1. The van der Waals surface area contributed by atoms with Gasteiger partial charge in [-0.25, -0.2) is 0 Å². The highest BCUT2D eigenvalue weighted by molar-refractivity contribution is 14.1. The smallest absolute Gasteiger partial charge is 0.227 e. The van der Waals surface area contributed by atoms with Crippen LogP contribution in [0.1, 0.15) is 13.3 Å². The predicted molar refractivity (Wildman–Crippen MR) is 65.1 cm³/mol. The molecule has 1 saturated carbocycles. The Bertz CT molecular complexity index is 347. The number of hydrogen-bond donors (Lipinski definition) is 1.